The van der Waals surface area contributed by atoms with Crippen LogP contribution in [0.25, 0.3) is 10.9 Å². The minimum Gasteiger partial charge on any atom is -0.493 e. The largest absolute Gasteiger partial charge is 0.493 e. The van der Waals surface area contributed by atoms with Gasteiger partial charge in [0.15, 0.2) is 23.1 Å². The number of nitrogens with zero attached hydrogens (tertiary/aromatic N) is 2. The van der Waals surface area contributed by atoms with Crippen molar-refractivity contribution in [2.45, 2.75) is 19.3 Å². The number of likely N-dealkylation sites (tertiary alicyclic amines) is 1. The fourth-order valence-corrected chi connectivity index (χ4v) is 6.48. The van der Waals surface area contributed by atoms with Gasteiger partial charge in [0.05, 0.1) is 31.3 Å². The lowest BCUT2D eigenvalue weighted by atomic mass is 10.0. The SMILES string of the molecule is COc1cc2c(Oc3ccc(NOC(=S)NC(=O)Cc4ccccc4)cc3F)ccnc2cc1OCC1CC2CN(C)CC2C1. The van der Waals surface area contributed by atoms with Crippen molar-refractivity contribution in [1.29, 1.82) is 0 Å². The molecule has 2 fully saturated rings. The lowest BCUT2D eigenvalue weighted by Gasteiger charge is -2.18. The topological polar surface area (TPSA) is 94.2 Å². The van der Waals surface area contributed by atoms with Gasteiger partial charge in [-0.2, -0.15) is 0 Å². The Morgan fingerprint density at radius 1 is 1.00 bits per heavy atom. The number of rotatable bonds is 10. The van der Waals surface area contributed by atoms with E-state index in [1.165, 1.54) is 38.1 Å². The molecule has 234 valence electrons. The van der Waals surface area contributed by atoms with Crippen molar-refractivity contribution < 1.29 is 28.2 Å². The first-order valence-electron chi connectivity index (χ1n) is 14.9. The minimum atomic E-state index is -0.632. The fourth-order valence-electron chi connectivity index (χ4n) is 6.33. The van der Waals surface area contributed by atoms with Gasteiger partial charge < -0.3 is 23.9 Å². The number of nitrogens with one attached hydrogen (secondary N) is 2. The molecule has 0 spiro atoms. The molecule has 1 saturated carbocycles. The molecule has 4 aromatic rings. The molecule has 2 aliphatic rings. The highest BCUT2D eigenvalue weighted by atomic mass is 32.1. The highest BCUT2D eigenvalue weighted by molar-refractivity contribution is 7.80. The summed E-state index contributed by atoms with van der Waals surface area (Å²) in [6.45, 7) is 2.98. The third kappa shape index (κ3) is 7.43. The summed E-state index contributed by atoms with van der Waals surface area (Å²) in [6.07, 6.45) is 4.13. The van der Waals surface area contributed by atoms with Gasteiger partial charge >= 0.3 is 0 Å². The molecule has 3 aromatic carbocycles. The van der Waals surface area contributed by atoms with Crippen molar-refractivity contribution in [3.63, 3.8) is 0 Å². The molecule has 2 heterocycles. The molecule has 6 rings (SSSR count). The van der Waals surface area contributed by atoms with Crippen molar-refractivity contribution in [2.75, 3.05) is 39.3 Å². The lowest BCUT2D eigenvalue weighted by molar-refractivity contribution is -0.119. The first-order chi connectivity index (χ1) is 21.8. The van der Waals surface area contributed by atoms with Crippen molar-refractivity contribution in [3.8, 4) is 23.0 Å². The zero-order valence-corrected chi connectivity index (χ0v) is 25.9. The number of halogens is 1. The van der Waals surface area contributed by atoms with Gasteiger partial charge in [-0.05, 0) is 79.7 Å². The summed E-state index contributed by atoms with van der Waals surface area (Å²) >= 11 is 5.07. The fraction of sp³-hybridized carbons (Fsp3) is 0.324. The number of pyridine rings is 1. The molecule has 1 aliphatic carbocycles. The van der Waals surface area contributed by atoms with Crippen LogP contribution >= 0.6 is 12.2 Å². The number of hydrogen-bond acceptors (Lipinski definition) is 9. The highest BCUT2D eigenvalue weighted by Gasteiger charge is 2.39. The Bertz CT molecular complexity index is 1680. The van der Waals surface area contributed by atoms with Crippen LogP contribution in [-0.2, 0) is 16.1 Å². The van der Waals surface area contributed by atoms with E-state index in [4.69, 9.17) is 31.3 Å². The lowest BCUT2D eigenvalue weighted by Crippen LogP contribution is -2.33. The van der Waals surface area contributed by atoms with E-state index in [1.54, 1.807) is 31.5 Å². The second-order valence-corrected chi connectivity index (χ2v) is 12.0. The van der Waals surface area contributed by atoms with Crippen LogP contribution in [0, 0.1) is 23.6 Å². The molecule has 1 amide bonds. The number of methoxy groups -OCH3 is 1. The molecule has 45 heavy (non-hydrogen) atoms. The van der Waals surface area contributed by atoms with Crippen LogP contribution in [0.15, 0.2) is 72.9 Å². The van der Waals surface area contributed by atoms with E-state index in [9.17, 15) is 4.79 Å². The summed E-state index contributed by atoms with van der Waals surface area (Å²) in [7, 11) is 3.79. The molecule has 9 nitrogen and oxygen atoms in total. The number of anilines is 1. The predicted molar refractivity (Wildman–Crippen MR) is 173 cm³/mol. The zero-order valence-electron chi connectivity index (χ0n) is 25.1. The van der Waals surface area contributed by atoms with Crippen LogP contribution in [0.4, 0.5) is 10.1 Å². The van der Waals surface area contributed by atoms with E-state index in [0.29, 0.717) is 40.7 Å². The molecule has 0 radical (unpaired) electrons. The summed E-state index contributed by atoms with van der Waals surface area (Å²) < 4.78 is 33.0. The quantitative estimate of drug-likeness (QED) is 0.159. The molecule has 11 heteroatoms. The average Bonchev–Trinajstić information content (AvgIpc) is 3.57. The predicted octanol–water partition coefficient (Wildman–Crippen LogP) is 6.13. The molecule has 1 saturated heterocycles. The molecule has 0 bridgehead atoms. The first kappa shape index (κ1) is 30.5. The van der Waals surface area contributed by atoms with Gasteiger partial charge in [-0.25, -0.2) is 9.87 Å². The number of aromatic nitrogens is 1. The third-order valence-electron chi connectivity index (χ3n) is 8.36. The van der Waals surface area contributed by atoms with E-state index in [1.807, 2.05) is 36.4 Å². The maximum atomic E-state index is 15.1. The molecular weight excluding hydrogens is 595 g/mol. The number of fused-ring (bicyclic) bond motifs is 2. The van der Waals surface area contributed by atoms with Gasteiger partial charge in [0, 0.05) is 36.8 Å². The Balaban J connectivity index is 1.07. The standard InChI is InChI=1S/C34H35FN4O5S/c1-39-18-23-12-22(13-24(23)19-39)20-42-32-17-28-26(16-31(32)41-2)29(10-11-36-28)43-30-9-8-25(15-27(30)35)38-44-34(45)37-33(40)14-21-6-4-3-5-7-21/h3-11,15-17,22-24,38H,12-14,18-20H2,1-2H3,(H,37,40,45). The molecular formula is C34H35FN4O5S. The van der Waals surface area contributed by atoms with Crippen LogP contribution in [-0.4, -0.2) is 54.8 Å². The van der Waals surface area contributed by atoms with Gasteiger partial charge in [0.25, 0.3) is 5.17 Å². The summed E-state index contributed by atoms with van der Waals surface area (Å²) in [4.78, 5) is 24.3. The van der Waals surface area contributed by atoms with E-state index in [-0.39, 0.29) is 28.9 Å². The Morgan fingerprint density at radius 3 is 2.51 bits per heavy atom. The second-order valence-electron chi connectivity index (χ2n) is 11.7. The monoisotopic (exact) mass is 630 g/mol. The Hall–Kier alpha value is -4.48. The van der Waals surface area contributed by atoms with E-state index >= 15 is 4.39 Å². The molecule has 1 aromatic heterocycles. The Labute approximate surface area is 266 Å². The van der Waals surface area contributed by atoms with Crippen LogP contribution in [0.3, 0.4) is 0 Å². The number of amides is 1. The molecule has 1 aliphatic heterocycles. The smallest absolute Gasteiger partial charge is 0.292 e. The normalized spacial score (nSPS) is 19.1. The van der Waals surface area contributed by atoms with Crippen molar-refractivity contribution >= 4 is 39.9 Å². The number of hydrogen-bond donors (Lipinski definition) is 2. The van der Waals surface area contributed by atoms with Gasteiger partial charge in [-0.1, -0.05) is 30.3 Å². The van der Waals surface area contributed by atoms with E-state index in [2.05, 4.69) is 27.7 Å². The van der Waals surface area contributed by atoms with Crippen LogP contribution < -0.4 is 25.0 Å². The number of carbonyl (C=O) groups is 1. The maximum absolute atomic E-state index is 15.1. The summed E-state index contributed by atoms with van der Waals surface area (Å²) in [5, 5.41) is 2.95. The Kier molecular flexibility index (Phi) is 9.27. The van der Waals surface area contributed by atoms with Crippen LogP contribution in [0.2, 0.25) is 0 Å². The van der Waals surface area contributed by atoms with Crippen LogP contribution in [0.1, 0.15) is 18.4 Å². The van der Waals surface area contributed by atoms with Gasteiger partial charge in [-0.15, -0.1) is 0 Å². The summed E-state index contributed by atoms with van der Waals surface area (Å²) in [6, 6.07) is 18.8. The average molecular weight is 631 g/mol. The van der Waals surface area contributed by atoms with Gasteiger partial charge in [0.1, 0.15) is 5.75 Å². The maximum Gasteiger partial charge on any atom is 0.292 e. The Morgan fingerprint density at radius 2 is 1.78 bits per heavy atom. The summed E-state index contributed by atoms with van der Waals surface area (Å²) in [5.41, 5.74) is 4.31. The number of benzene rings is 3. The molecule has 2 unspecified atom stereocenters. The first-order valence-corrected chi connectivity index (χ1v) is 15.3. The van der Waals surface area contributed by atoms with Crippen LogP contribution in [0.5, 0.6) is 23.0 Å². The highest BCUT2D eigenvalue weighted by Crippen LogP contribution is 2.42. The summed E-state index contributed by atoms with van der Waals surface area (Å²) in [5.74, 6) is 2.68. The van der Waals surface area contributed by atoms with E-state index < -0.39 is 5.82 Å². The molecule has 2 atom stereocenters. The van der Waals surface area contributed by atoms with E-state index in [0.717, 1.165) is 17.4 Å². The number of carbonyl (C=O) groups excluding carboxylic acids is 1. The van der Waals surface area contributed by atoms with Gasteiger partial charge in [-0.3, -0.25) is 15.1 Å². The van der Waals surface area contributed by atoms with Crippen molar-refractivity contribution in [3.05, 3.63) is 84.3 Å². The molecule has 2 N–H and O–H groups in total. The van der Waals surface area contributed by atoms with Crippen molar-refractivity contribution in [1.82, 2.24) is 15.2 Å². The van der Waals surface area contributed by atoms with Crippen molar-refractivity contribution in [2.24, 2.45) is 17.8 Å². The number of thiocarbonyl (C=S) groups is 1. The third-order valence-corrected chi connectivity index (χ3v) is 8.54. The second kappa shape index (κ2) is 13.7. The zero-order chi connectivity index (χ0) is 31.3. The minimum absolute atomic E-state index is 0.00325. The van der Waals surface area contributed by atoms with Gasteiger partial charge in [0.2, 0.25) is 5.91 Å². The number of ether oxygens (including phenoxy) is 3.